The monoisotopic (exact) mass is 1570 g/mol. The molecule has 11 aromatic carbocycles. The van der Waals surface area contributed by atoms with E-state index in [9.17, 15) is 26.3 Å². The van der Waals surface area contributed by atoms with Crippen molar-refractivity contribution in [3.8, 4) is 41.5 Å². The fourth-order valence-electron chi connectivity index (χ4n) is 18.5. The summed E-state index contributed by atoms with van der Waals surface area (Å²) >= 11 is 0. The lowest BCUT2D eigenvalue weighted by molar-refractivity contribution is 0.729. The number of anilines is 15. The largest absolute Gasteiger partial charge is 0.351 e. The molecule has 0 unspecified atom stereocenters. The summed E-state index contributed by atoms with van der Waals surface area (Å²) in [5, 5.41) is 47.4. The fourth-order valence-corrected chi connectivity index (χ4v) is 18.5. The Morgan fingerprint density at radius 3 is 0.849 bits per heavy atom. The molecule has 119 heavy (non-hydrogen) atoms. The number of nitrogens with zero attached hydrogens (tertiary/aromatic N) is 15. The SMILES string of the molecule is Cc1c(C)c(C)c(N2c3cccc(C#N)c3N(C)[C@@H]2C)c(C)c1C.Cc1cc(C)c(C)c(N2c3cccc(C#N)c3N(C)[C@@H]2C)c1C.Cc1cc(C)c(N2c3cccc(C#N)c3N(C)[C@@H]2C)c(C)c1C.Cc1cc(N2c3cccc(C#N)c3N(C)[C@@H]2C)c(C)c(C)c1C.Cc1ccc(-c2ccccc2)cc1N1c2cccc(C#N)c2N(C)[C@@H]1C. The fraction of sp³-hybridized carbons (Fsp3) is 0.317. The van der Waals surface area contributed by atoms with E-state index in [1.54, 1.807) is 0 Å². The van der Waals surface area contributed by atoms with Crippen molar-refractivity contribution in [3.05, 3.63) is 286 Å². The van der Waals surface area contributed by atoms with Gasteiger partial charge in [-0.3, -0.25) is 0 Å². The third kappa shape index (κ3) is 14.6. The second-order valence-corrected chi connectivity index (χ2v) is 33.1. The maximum Gasteiger partial charge on any atom is 0.103 e. The summed E-state index contributed by atoms with van der Waals surface area (Å²) in [4.78, 5) is 22.8. The lowest BCUT2D eigenvalue weighted by Gasteiger charge is -2.32. The first kappa shape index (κ1) is 85.2. The van der Waals surface area contributed by atoms with E-state index in [0.717, 1.165) is 84.7 Å². The van der Waals surface area contributed by atoms with Crippen molar-refractivity contribution in [2.45, 2.75) is 190 Å². The van der Waals surface area contributed by atoms with Gasteiger partial charge in [0.15, 0.2) is 0 Å². The molecule has 0 spiro atoms. The van der Waals surface area contributed by atoms with Crippen molar-refractivity contribution in [2.24, 2.45) is 0 Å². The highest BCUT2D eigenvalue weighted by Gasteiger charge is 2.41. The zero-order chi connectivity index (χ0) is 86.7. The molecule has 5 aliphatic heterocycles. The van der Waals surface area contributed by atoms with Gasteiger partial charge in [-0.25, -0.2) is 0 Å². The smallest absolute Gasteiger partial charge is 0.103 e. The van der Waals surface area contributed by atoms with Gasteiger partial charge in [-0.1, -0.05) is 84.9 Å². The molecule has 15 heteroatoms. The van der Waals surface area contributed by atoms with Crippen molar-refractivity contribution in [2.75, 3.05) is 84.2 Å². The van der Waals surface area contributed by atoms with E-state index in [1.165, 1.54) is 140 Å². The molecule has 16 rings (SSSR count). The number of aryl methyl sites for hydroxylation is 6. The lowest BCUT2D eigenvalue weighted by Crippen LogP contribution is -2.36. The summed E-state index contributed by atoms with van der Waals surface area (Å²) in [5.41, 5.74) is 46.8. The van der Waals surface area contributed by atoms with E-state index in [2.05, 4.69) is 365 Å². The van der Waals surface area contributed by atoms with E-state index in [1.807, 2.05) is 66.7 Å². The van der Waals surface area contributed by atoms with Crippen molar-refractivity contribution in [1.82, 2.24) is 0 Å². The molecule has 0 N–H and O–H groups in total. The van der Waals surface area contributed by atoms with Gasteiger partial charge in [-0.05, 0) is 343 Å². The predicted octanol–water partition coefficient (Wildman–Crippen LogP) is 24.7. The number of para-hydroxylation sites is 5. The lowest BCUT2D eigenvalue weighted by atomic mass is 9.92. The highest BCUT2D eigenvalue weighted by molar-refractivity contribution is 5.94. The Labute approximate surface area is 708 Å². The van der Waals surface area contributed by atoms with Crippen LogP contribution < -0.4 is 49.0 Å². The number of hydrogen-bond acceptors (Lipinski definition) is 15. The predicted molar refractivity (Wildman–Crippen MR) is 499 cm³/mol. The zero-order valence-corrected chi connectivity index (χ0v) is 75.1. The van der Waals surface area contributed by atoms with Crippen molar-refractivity contribution >= 4 is 85.3 Å². The number of hydrogen-bond donors (Lipinski definition) is 0. The molecule has 0 radical (unpaired) electrons. The van der Waals surface area contributed by atoms with Crippen LogP contribution in [-0.4, -0.2) is 66.1 Å². The third-order valence-electron chi connectivity index (χ3n) is 27.0. The van der Waals surface area contributed by atoms with Crippen LogP contribution in [0.15, 0.2) is 158 Å². The average Bonchev–Trinajstić information content (AvgIpc) is 1.68. The summed E-state index contributed by atoms with van der Waals surface area (Å²) in [6.07, 6.45) is 0.856. The van der Waals surface area contributed by atoms with E-state index in [4.69, 9.17) is 0 Å². The molecule has 15 nitrogen and oxygen atoms in total. The summed E-state index contributed by atoms with van der Waals surface area (Å²) < 4.78 is 0. The molecule has 11 aromatic rings. The highest BCUT2D eigenvalue weighted by Crippen LogP contribution is 2.54. The minimum atomic E-state index is 0.143. The second kappa shape index (κ2) is 33.8. The van der Waals surface area contributed by atoms with Gasteiger partial charge in [-0.2, -0.15) is 26.3 Å². The first-order chi connectivity index (χ1) is 56.6. The molecular formula is C104H115N15. The molecule has 5 heterocycles. The van der Waals surface area contributed by atoms with Crippen LogP contribution >= 0.6 is 0 Å². The molecule has 606 valence electrons. The number of benzene rings is 11. The maximum absolute atomic E-state index is 9.51. The molecule has 0 amide bonds. The normalized spacial score (nSPS) is 16.3. The summed E-state index contributed by atoms with van der Waals surface area (Å²) in [6, 6.07) is 65.4. The summed E-state index contributed by atoms with van der Waals surface area (Å²) in [7, 11) is 10.3. The van der Waals surface area contributed by atoms with Crippen LogP contribution in [0.2, 0.25) is 0 Å². The molecular weight excluding hydrogens is 1460 g/mol. The van der Waals surface area contributed by atoms with Crippen LogP contribution in [0.1, 0.15) is 163 Å². The van der Waals surface area contributed by atoms with E-state index in [0.29, 0.717) is 0 Å². The second-order valence-electron chi connectivity index (χ2n) is 33.1. The number of rotatable bonds is 6. The van der Waals surface area contributed by atoms with Crippen LogP contribution in [0.25, 0.3) is 11.1 Å². The summed E-state index contributed by atoms with van der Waals surface area (Å²) in [6.45, 7) is 50.3. The molecule has 5 aliphatic rings. The van der Waals surface area contributed by atoms with Crippen LogP contribution in [0.4, 0.5) is 85.3 Å². The molecule has 0 fully saturated rings. The van der Waals surface area contributed by atoms with Crippen molar-refractivity contribution in [1.29, 1.82) is 26.3 Å². The molecule has 0 aromatic heterocycles. The highest BCUT2D eigenvalue weighted by atomic mass is 15.4. The van der Waals surface area contributed by atoms with Gasteiger partial charge in [0.1, 0.15) is 61.2 Å². The first-order valence-electron chi connectivity index (χ1n) is 41.3. The standard InChI is InChI=1S/C23H21N3.C21H25N3.3C20H23N3/c1-16-12-13-19(18-8-5-4-6-9-18)14-22(16)26-17(2)25(3)23-20(15-24)10-7-11-21(23)26;1-12-13(2)15(4)20(16(5)14(12)3)24-17(6)23(7)21-18(11-22)9-8-10-19(21)24;1-12-10-19(15(4)14(3)13(12)2)23-16(5)22(6)20-17(11-21)8-7-9-18(20)23;1-12-10-13(2)19(15(4)14(12)3)23-16(5)22(6)20-17(11-21)8-7-9-18(20)23;1-12-10-13(2)15(4)19(14(12)3)23-16(5)22(6)20-17(11-21)8-7-9-18(20)23/h4-14,17H,1-3H3;8-10,17H,1-7H3;3*7-10,16H,1-6H3/t2*17-;3*16-/m00000/s1. The molecule has 0 bridgehead atoms. The third-order valence-corrected chi connectivity index (χ3v) is 27.0. The van der Waals surface area contributed by atoms with Crippen LogP contribution in [-0.2, 0) is 0 Å². The van der Waals surface area contributed by atoms with Gasteiger partial charge in [0.05, 0.1) is 84.7 Å². The Bertz CT molecular complexity index is 6020. The molecule has 0 saturated heterocycles. The average molecular weight is 1580 g/mol. The Kier molecular flexibility index (Phi) is 24.2. The Hall–Kier alpha value is -13.1. The number of nitriles is 5. The van der Waals surface area contributed by atoms with E-state index >= 15 is 0 Å². The zero-order valence-electron chi connectivity index (χ0n) is 75.1. The maximum atomic E-state index is 9.51. The first-order valence-corrected chi connectivity index (χ1v) is 41.3. The minimum Gasteiger partial charge on any atom is -0.351 e. The van der Waals surface area contributed by atoms with E-state index < -0.39 is 0 Å². The van der Waals surface area contributed by atoms with E-state index in [-0.39, 0.29) is 30.8 Å². The molecule has 0 aliphatic carbocycles. The minimum absolute atomic E-state index is 0.143. The van der Waals surface area contributed by atoms with Gasteiger partial charge in [0.25, 0.3) is 0 Å². The summed E-state index contributed by atoms with van der Waals surface area (Å²) in [5.74, 6) is 0. The Morgan fingerprint density at radius 1 is 0.202 bits per heavy atom. The van der Waals surface area contributed by atoms with Crippen molar-refractivity contribution < 1.29 is 0 Å². The van der Waals surface area contributed by atoms with Crippen LogP contribution in [0, 0.1) is 181 Å². The van der Waals surface area contributed by atoms with Gasteiger partial charge < -0.3 is 49.0 Å². The van der Waals surface area contributed by atoms with Gasteiger partial charge >= 0.3 is 0 Å². The molecule has 5 atom stereocenters. The van der Waals surface area contributed by atoms with Gasteiger partial charge in [0, 0.05) is 63.7 Å². The van der Waals surface area contributed by atoms with Gasteiger partial charge in [-0.15, -0.1) is 0 Å². The van der Waals surface area contributed by atoms with Gasteiger partial charge in [0.2, 0.25) is 0 Å². The molecule has 0 saturated carbocycles. The Morgan fingerprint density at radius 2 is 0.479 bits per heavy atom. The number of fused-ring (bicyclic) bond motifs is 5. The van der Waals surface area contributed by atoms with Crippen LogP contribution in [0.3, 0.4) is 0 Å². The Balaban J connectivity index is 0.000000137. The topological polar surface area (TPSA) is 151 Å². The van der Waals surface area contributed by atoms with Crippen molar-refractivity contribution in [3.63, 3.8) is 0 Å². The quantitative estimate of drug-likeness (QED) is 0.155. The van der Waals surface area contributed by atoms with Crippen LogP contribution in [0.5, 0.6) is 0 Å².